The van der Waals surface area contributed by atoms with Gasteiger partial charge in [0, 0.05) is 10.8 Å². The molecule has 6 unspecified atom stereocenters. The molecule has 6 N–H and O–H groups in total. The minimum atomic E-state index is -3.08. The Morgan fingerprint density at radius 3 is 1.17 bits per heavy atom. The Bertz CT molecular complexity index is 2790. The van der Waals surface area contributed by atoms with Crippen LogP contribution in [0, 0.1) is 35.1 Å². The maximum absolute atomic E-state index is 15.4. The van der Waals surface area contributed by atoms with Gasteiger partial charge in [0.05, 0.1) is 23.9 Å². The van der Waals surface area contributed by atoms with Gasteiger partial charge in [-0.15, -0.1) is 0 Å². The monoisotopic (exact) mass is 996 g/mol. The maximum Gasteiger partial charge on any atom is 0.305 e. The summed E-state index contributed by atoms with van der Waals surface area (Å²) < 4.78 is 72.2. The molecule has 0 fully saturated rings. The number of aliphatic carboxylic acids is 2. The number of hydrogen-bond acceptors (Lipinski definition) is 13. The van der Waals surface area contributed by atoms with E-state index in [9.17, 15) is 43.8 Å². The van der Waals surface area contributed by atoms with E-state index in [0.717, 1.165) is 22.9 Å². The first kappa shape index (κ1) is 52.9. The molecule has 376 valence electrons. The molecule has 21 heteroatoms. The molecule has 0 bridgehead atoms. The van der Waals surface area contributed by atoms with Crippen molar-refractivity contribution in [2.45, 2.75) is 76.9 Å². The summed E-state index contributed by atoms with van der Waals surface area (Å²) in [6.45, 7) is 6.35. The van der Waals surface area contributed by atoms with Gasteiger partial charge in [-0.25, -0.2) is 27.5 Å². The highest BCUT2D eigenvalue weighted by Gasteiger charge is 2.47. The summed E-state index contributed by atoms with van der Waals surface area (Å²) in [6, 6.07) is 17.6. The number of amides is 2. The second-order valence-electron chi connectivity index (χ2n) is 17.1. The topological polar surface area (TPSA) is 252 Å². The molecule has 2 aromatic heterocycles. The van der Waals surface area contributed by atoms with Gasteiger partial charge in [0.15, 0.2) is 34.8 Å². The zero-order valence-electron chi connectivity index (χ0n) is 38.9. The minimum absolute atomic E-state index is 0.179. The van der Waals surface area contributed by atoms with Crippen molar-refractivity contribution in [2.75, 3.05) is 10.6 Å². The van der Waals surface area contributed by atoms with Crippen LogP contribution in [0.25, 0.3) is 21.8 Å². The first-order chi connectivity index (χ1) is 34.2. The average molecular weight is 997 g/mol. The highest BCUT2D eigenvalue weighted by molar-refractivity contribution is 6.19. The van der Waals surface area contributed by atoms with Crippen molar-refractivity contribution < 1.29 is 70.8 Å². The maximum atomic E-state index is 15.4. The molecule has 72 heavy (non-hydrogen) atoms. The number of carboxylic acid groups (broad SMARTS) is 2. The van der Waals surface area contributed by atoms with Crippen LogP contribution in [0.2, 0.25) is 0 Å². The van der Waals surface area contributed by atoms with E-state index in [0.29, 0.717) is 35.3 Å². The Balaban J connectivity index is 1.40. The van der Waals surface area contributed by atoms with Crippen molar-refractivity contribution in [2.24, 2.45) is 11.8 Å². The molecule has 6 aromatic rings. The lowest BCUT2D eigenvalue weighted by molar-refractivity contribution is -0.151. The number of carboxylic acids is 2. The summed E-state index contributed by atoms with van der Waals surface area (Å²) in [7, 11) is 0. The number of anilines is 2. The first-order valence-corrected chi connectivity index (χ1v) is 22.3. The van der Waals surface area contributed by atoms with E-state index in [-0.39, 0.29) is 11.6 Å². The van der Waals surface area contributed by atoms with Gasteiger partial charge in [-0.05, 0) is 72.5 Å². The summed E-state index contributed by atoms with van der Waals surface area (Å²) >= 11 is 0. The molecule has 17 nitrogen and oxygen atoms in total. The van der Waals surface area contributed by atoms with Gasteiger partial charge in [-0.2, -0.15) is 0 Å². The molecule has 0 saturated heterocycles. The number of ether oxygens (including phenoxy) is 2. The van der Waals surface area contributed by atoms with Crippen LogP contribution in [0.4, 0.5) is 29.2 Å². The van der Waals surface area contributed by atoms with Gasteiger partial charge in [0.2, 0.25) is 41.4 Å². The number of ketones is 3. The Labute approximate surface area is 408 Å². The van der Waals surface area contributed by atoms with Crippen molar-refractivity contribution in [3.05, 3.63) is 132 Å². The van der Waals surface area contributed by atoms with Crippen molar-refractivity contribution in [1.29, 1.82) is 0 Å². The molecule has 6 rings (SSSR count). The predicted octanol–water partition coefficient (Wildman–Crippen LogP) is 6.43. The third-order valence-electron chi connectivity index (χ3n) is 11.1. The predicted molar refractivity (Wildman–Crippen MR) is 253 cm³/mol. The number of halogens is 4. The van der Waals surface area contributed by atoms with Gasteiger partial charge in [0.1, 0.15) is 35.8 Å². The Morgan fingerprint density at radius 1 is 0.486 bits per heavy atom. The second kappa shape index (κ2) is 23.4. The molecule has 0 spiro atoms. The van der Waals surface area contributed by atoms with E-state index >= 15 is 17.6 Å². The summed E-state index contributed by atoms with van der Waals surface area (Å²) in [6.07, 6.45) is -8.82. The second-order valence-corrected chi connectivity index (χ2v) is 17.1. The van der Waals surface area contributed by atoms with Gasteiger partial charge in [-0.3, -0.25) is 33.6 Å². The van der Waals surface area contributed by atoms with Crippen LogP contribution in [0.15, 0.2) is 109 Å². The van der Waals surface area contributed by atoms with Crippen molar-refractivity contribution in [3.8, 4) is 11.5 Å². The largest absolute Gasteiger partial charge is 0.481 e. The number of hydrogen-bond donors (Lipinski definition) is 6. The number of fused-ring (bicyclic) bond motifs is 2. The molecule has 0 aliphatic carbocycles. The van der Waals surface area contributed by atoms with Crippen LogP contribution >= 0.6 is 0 Å². The number of Topliss-reactive ketones (excluding diaryl/α,β-unsaturated/α-hetero) is 3. The van der Waals surface area contributed by atoms with Crippen LogP contribution in [0.5, 0.6) is 11.5 Å². The zero-order valence-corrected chi connectivity index (χ0v) is 38.9. The van der Waals surface area contributed by atoms with Crippen LogP contribution in [-0.4, -0.2) is 97.7 Å². The van der Waals surface area contributed by atoms with Gasteiger partial charge >= 0.3 is 11.9 Å². The molecule has 4 aromatic carbocycles. The highest BCUT2D eigenvalue weighted by atomic mass is 19.1. The lowest BCUT2D eigenvalue weighted by Gasteiger charge is -2.30. The van der Waals surface area contributed by atoms with Crippen molar-refractivity contribution >= 4 is 74.5 Å². The number of nitrogens with zero attached hydrogens (tertiary/aromatic N) is 2. The smallest absolute Gasteiger partial charge is 0.305 e. The normalized spacial score (nSPS) is 13.8. The number of carbonyl (C=O) groups is 7. The van der Waals surface area contributed by atoms with E-state index in [4.69, 9.17) is 9.47 Å². The lowest BCUT2D eigenvalue weighted by Crippen LogP contribution is -2.59. The van der Waals surface area contributed by atoms with E-state index in [2.05, 4.69) is 31.2 Å². The quantitative estimate of drug-likeness (QED) is 0.0282. The van der Waals surface area contributed by atoms with Crippen LogP contribution in [0.1, 0.15) is 40.5 Å². The third kappa shape index (κ3) is 13.0. The third-order valence-corrected chi connectivity index (χ3v) is 11.1. The van der Waals surface area contributed by atoms with Crippen molar-refractivity contribution in [1.82, 2.24) is 20.6 Å². The van der Waals surface area contributed by atoms with E-state index in [1.165, 1.54) is 0 Å². The molecule has 0 aliphatic rings. The van der Waals surface area contributed by atoms with Gasteiger partial charge in [-0.1, -0.05) is 76.2 Å². The molecule has 0 saturated carbocycles. The average Bonchev–Trinajstić information content (AvgIpc) is 3.33. The van der Waals surface area contributed by atoms with Gasteiger partial charge in [0.25, 0.3) is 0 Å². The Kier molecular flexibility index (Phi) is 17.2. The van der Waals surface area contributed by atoms with E-state index < -0.39 is 137 Å². The lowest BCUT2D eigenvalue weighted by atomic mass is 9.92. The molecular formula is C51H48F4N6O11. The highest BCUT2D eigenvalue weighted by Crippen LogP contribution is 2.28. The molecule has 2 amide bonds. The number of aromatic nitrogens is 2. The summed E-state index contributed by atoms with van der Waals surface area (Å²) in [5.74, 6) is -21.2. The number of benzene rings is 4. The van der Waals surface area contributed by atoms with Crippen LogP contribution in [0.3, 0.4) is 0 Å². The summed E-state index contributed by atoms with van der Waals surface area (Å²) in [5.41, 5.74) is 1.06. The molecular weight excluding hydrogens is 949 g/mol. The standard InChI is InChI=1S/C51H48F4N6O11/c1-25(2)41(60-37-21-19-27-11-5-7-17-33(27)56-37)50(69)58-35(23-39(62)63)43(66)48(71-46-29(52)13-9-14-30(46)53)45(68)49(72-47-31(54)15-10-16-32(47)55)44(67)36(24-40(64)65)59-51(70)42(26(3)4)61-38-22-20-28-12-6-8-18-34(28)57-38/h5-22,25-26,35-36,41-42,48-49H,23-24H2,1-4H3,(H,56,60)(H,57,61)(H,58,69)(H,59,70)(H,62,63)(H,64,65). The molecule has 0 aliphatic heterocycles. The van der Waals surface area contributed by atoms with Gasteiger partial charge < -0.3 is 41.0 Å². The SMILES string of the molecule is CC(C)C(Nc1ccc2ccccc2n1)C(=O)NC(CC(=O)O)C(=O)C(Oc1c(F)cccc1F)C(=O)C(Oc1c(F)cccc1F)C(=O)C(CC(=O)O)NC(=O)C(Nc1ccc2ccccc2n1)C(C)C. The summed E-state index contributed by atoms with van der Waals surface area (Å²) in [5, 5.41) is 31.8. The molecule has 2 heterocycles. The number of carbonyl (C=O) groups excluding carboxylic acids is 5. The fraction of sp³-hybridized carbons (Fsp3) is 0.275. The number of nitrogens with one attached hydrogen (secondary N) is 4. The van der Waals surface area contributed by atoms with Crippen LogP contribution < -0.4 is 30.7 Å². The number of para-hydroxylation sites is 4. The Morgan fingerprint density at radius 2 is 0.833 bits per heavy atom. The fourth-order valence-corrected chi connectivity index (χ4v) is 7.44. The van der Waals surface area contributed by atoms with E-state index in [1.807, 2.05) is 0 Å². The molecule has 0 radical (unpaired) electrons. The Hall–Kier alpha value is -8.49. The number of rotatable bonds is 24. The van der Waals surface area contributed by atoms with Crippen LogP contribution in [-0.2, 0) is 33.6 Å². The summed E-state index contributed by atoms with van der Waals surface area (Å²) in [4.78, 5) is 106. The number of pyridine rings is 2. The molecule has 6 atom stereocenters. The van der Waals surface area contributed by atoms with Crippen molar-refractivity contribution in [3.63, 3.8) is 0 Å². The fourth-order valence-electron chi connectivity index (χ4n) is 7.44. The minimum Gasteiger partial charge on any atom is -0.481 e. The van der Waals surface area contributed by atoms with E-state index in [1.54, 1.807) is 100 Å². The zero-order chi connectivity index (χ0) is 52.4. The first-order valence-electron chi connectivity index (χ1n) is 22.3.